The fourth-order valence-corrected chi connectivity index (χ4v) is 5.31. The first kappa shape index (κ1) is 19.0. The largest absolute Gasteiger partial charge is 0.489 e. The van der Waals surface area contributed by atoms with Crippen molar-refractivity contribution in [3.05, 3.63) is 56.9 Å². The number of rotatable bonds is 2. The van der Waals surface area contributed by atoms with Crippen LogP contribution in [0.25, 0.3) is 22.3 Å². The summed E-state index contributed by atoms with van der Waals surface area (Å²) in [5.74, 6) is 0.166. The number of aliphatic hydroxyl groups is 1. The fourth-order valence-electron chi connectivity index (χ4n) is 4.95. The highest BCUT2D eigenvalue weighted by Crippen LogP contribution is 2.41. The highest BCUT2D eigenvalue weighted by molar-refractivity contribution is 9.09. The Labute approximate surface area is 185 Å². The number of cyclic esters (lactones) is 1. The molecule has 3 aliphatic heterocycles. The Morgan fingerprint density at radius 1 is 1.29 bits per heavy atom. The molecule has 158 valence electrons. The van der Waals surface area contributed by atoms with Crippen LogP contribution in [0.5, 0.6) is 5.75 Å². The number of hydrogen-bond donors (Lipinski definition) is 1. The Morgan fingerprint density at radius 3 is 2.90 bits per heavy atom. The van der Waals surface area contributed by atoms with Gasteiger partial charge in [0.15, 0.2) is 5.60 Å². The summed E-state index contributed by atoms with van der Waals surface area (Å²) in [6.45, 7) is 1.97. The summed E-state index contributed by atoms with van der Waals surface area (Å²) in [5.41, 5.74) is 2.85. The fraction of sp³-hybridized carbons (Fsp3) is 0.348. The average Bonchev–Trinajstić information content (AvgIpc) is 3.36. The Kier molecular flexibility index (Phi) is 3.92. The van der Waals surface area contributed by atoms with Crippen molar-refractivity contribution in [2.45, 2.75) is 44.6 Å². The number of carbonyl (C=O) groups excluding carboxylic acids is 1. The third kappa shape index (κ3) is 2.46. The van der Waals surface area contributed by atoms with Gasteiger partial charge in [-0.25, -0.2) is 9.78 Å². The molecule has 0 saturated carbocycles. The number of esters is 1. The van der Waals surface area contributed by atoms with Crippen molar-refractivity contribution >= 4 is 32.8 Å². The lowest BCUT2D eigenvalue weighted by molar-refractivity contribution is -0.172. The highest BCUT2D eigenvalue weighted by Gasteiger charge is 2.45. The summed E-state index contributed by atoms with van der Waals surface area (Å²) in [7, 11) is 0. The van der Waals surface area contributed by atoms with Crippen molar-refractivity contribution in [1.82, 2.24) is 9.55 Å². The minimum absolute atomic E-state index is 0.102. The van der Waals surface area contributed by atoms with Gasteiger partial charge in [-0.15, -0.1) is 0 Å². The summed E-state index contributed by atoms with van der Waals surface area (Å²) in [4.78, 5) is 30.4. The zero-order valence-electron chi connectivity index (χ0n) is 16.8. The van der Waals surface area contributed by atoms with Crippen LogP contribution in [0.3, 0.4) is 0 Å². The molecule has 6 rings (SSSR count). The van der Waals surface area contributed by atoms with Gasteiger partial charge in [0, 0.05) is 33.8 Å². The van der Waals surface area contributed by atoms with E-state index in [1.54, 1.807) is 17.6 Å². The molecule has 3 aliphatic rings. The lowest BCUT2D eigenvalue weighted by Gasteiger charge is -2.31. The van der Waals surface area contributed by atoms with Crippen molar-refractivity contribution in [1.29, 1.82) is 0 Å². The first-order valence-corrected chi connectivity index (χ1v) is 11.4. The number of fused-ring (bicyclic) bond motifs is 7. The van der Waals surface area contributed by atoms with Gasteiger partial charge < -0.3 is 19.1 Å². The van der Waals surface area contributed by atoms with Crippen molar-refractivity contribution in [3.8, 4) is 17.1 Å². The quantitative estimate of drug-likeness (QED) is 0.349. The van der Waals surface area contributed by atoms with Gasteiger partial charge >= 0.3 is 5.97 Å². The molecule has 0 aliphatic carbocycles. The molecule has 1 aromatic carbocycles. The van der Waals surface area contributed by atoms with Crippen molar-refractivity contribution in [3.63, 3.8) is 0 Å². The smallest absolute Gasteiger partial charge is 0.343 e. The average molecular weight is 483 g/mol. The number of hydrogen-bond acceptors (Lipinski definition) is 6. The summed E-state index contributed by atoms with van der Waals surface area (Å²) in [6.07, 6.45) is 1.04. The van der Waals surface area contributed by atoms with Crippen molar-refractivity contribution in [2.24, 2.45) is 0 Å². The molecule has 2 atom stereocenters. The molecule has 0 saturated heterocycles. The molecule has 3 aromatic rings. The number of nitrogens with zero attached hydrogens (tertiary/aromatic N) is 2. The summed E-state index contributed by atoms with van der Waals surface area (Å²) >= 11 is 3.49. The second-order valence-electron chi connectivity index (χ2n) is 8.31. The van der Waals surface area contributed by atoms with Crippen molar-refractivity contribution < 1.29 is 19.4 Å². The standard InChI is InChI=1S/C23H19BrN2O5/c1-2-23(29)16-7-18-20-11(9-26(18)21(27)15(16)10-30-22(23)28)5-13-14-6-12(8-24)31-19(14)4-3-17(13)25-20/h3-5,7,12,29H,2,6,8-10H2,1H3/t12?,23-/m0/s1. The molecule has 1 unspecified atom stereocenters. The van der Waals surface area contributed by atoms with Crippen LogP contribution >= 0.6 is 15.9 Å². The maximum Gasteiger partial charge on any atom is 0.343 e. The van der Waals surface area contributed by atoms with Crippen LogP contribution < -0.4 is 10.3 Å². The van der Waals surface area contributed by atoms with E-state index in [1.807, 2.05) is 12.1 Å². The van der Waals surface area contributed by atoms with Crippen LogP contribution in [0.4, 0.5) is 0 Å². The van der Waals surface area contributed by atoms with Gasteiger partial charge in [-0.3, -0.25) is 4.79 Å². The number of alkyl halides is 1. The topological polar surface area (TPSA) is 90.7 Å². The molecular formula is C23H19BrN2O5. The number of halogens is 1. The number of aromatic nitrogens is 2. The molecule has 5 heterocycles. The van der Waals surface area contributed by atoms with E-state index >= 15 is 0 Å². The number of benzene rings is 1. The molecule has 1 N–H and O–H groups in total. The minimum Gasteiger partial charge on any atom is -0.489 e. The van der Waals surface area contributed by atoms with Crippen molar-refractivity contribution in [2.75, 3.05) is 5.33 Å². The van der Waals surface area contributed by atoms with Gasteiger partial charge in [-0.2, -0.15) is 0 Å². The molecule has 8 heteroatoms. The lowest BCUT2D eigenvalue weighted by Crippen LogP contribution is -2.44. The van der Waals surface area contributed by atoms with E-state index in [9.17, 15) is 14.7 Å². The summed E-state index contributed by atoms with van der Waals surface area (Å²) in [5, 5.41) is 12.8. The van der Waals surface area contributed by atoms with E-state index < -0.39 is 11.6 Å². The molecule has 0 bridgehead atoms. The summed E-state index contributed by atoms with van der Waals surface area (Å²) in [6, 6.07) is 7.71. The number of carbonyl (C=O) groups is 1. The van der Waals surface area contributed by atoms with E-state index in [4.69, 9.17) is 14.5 Å². The predicted octanol–water partition coefficient (Wildman–Crippen LogP) is 2.78. The zero-order valence-corrected chi connectivity index (χ0v) is 18.4. The monoisotopic (exact) mass is 482 g/mol. The van der Waals surface area contributed by atoms with Crippen LogP contribution in [-0.4, -0.2) is 32.1 Å². The summed E-state index contributed by atoms with van der Waals surface area (Å²) < 4.78 is 12.8. The van der Waals surface area contributed by atoms with Crippen LogP contribution in [-0.2, 0) is 34.7 Å². The molecule has 2 aromatic heterocycles. The second kappa shape index (κ2) is 6.40. The Hall–Kier alpha value is -2.71. The molecule has 0 fully saturated rings. The third-order valence-electron chi connectivity index (χ3n) is 6.66. The van der Waals surface area contributed by atoms with E-state index in [2.05, 4.69) is 22.0 Å². The zero-order chi connectivity index (χ0) is 21.5. The predicted molar refractivity (Wildman–Crippen MR) is 116 cm³/mol. The molecule has 0 spiro atoms. The van der Waals surface area contributed by atoms with Crippen LogP contribution in [0.2, 0.25) is 0 Å². The van der Waals surface area contributed by atoms with Crippen LogP contribution in [0.1, 0.15) is 35.6 Å². The van der Waals surface area contributed by atoms with E-state index in [1.165, 1.54) is 0 Å². The highest BCUT2D eigenvalue weighted by atomic mass is 79.9. The van der Waals surface area contributed by atoms with E-state index in [0.717, 1.165) is 39.5 Å². The lowest BCUT2D eigenvalue weighted by atomic mass is 9.86. The van der Waals surface area contributed by atoms with Gasteiger partial charge in [0.05, 0.1) is 29.0 Å². The van der Waals surface area contributed by atoms with Gasteiger partial charge in [0.1, 0.15) is 18.5 Å². The number of ether oxygens (including phenoxy) is 2. The van der Waals surface area contributed by atoms with E-state index in [0.29, 0.717) is 29.1 Å². The van der Waals surface area contributed by atoms with Crippen LogP contribution in [0.15, 0.2) is 29.1 Å². The minimum atomic E-state index is -1.81. The van der Waals surface area contributed by atoms with Gasteiger partial charge in [-0.1, -0.05) is 22.9 Å². The Balaban J connectivity index is 1.56. The van der Waals surface area contributed by atoms with Gasteiger partial charge in [0.25, 0.3) is 5.56 Å². The van der Waals surface area contributed by atoms with Crippen LogP contribution in [0, 0.1) is 0 Å². The molecule has 31 heavy (non-hydrogen) atoms. The maximum atomic E-state index is 13.3. The second-order valence-corrected chi connectivity index (χ2v) is 8.95. The molecule has 0 radical (unpaired) electrons. The Bertz CT molecular complexity index is 1360. The van der Waals surface area contributed by atoms with E-state index in [-0.39, 0.29) is 24.7 Å². The number of pyridine rings is 2. The first-order valence-electron chi connectivity index (χ1n) is 10.3. The third-order valence-corrected chi connectivity index (χ3v) is 7.38. The van der Waals surface area contributed by atoms with Gasteiger partial charge in [-0.05, 0) is 30.7 Å². The molecule has 0 amide bonds. The normalized spacial score (nSPS) is 23.1. The molecule has 7 nitrogen and oxygen atoms in total. The SMILES string of the molecule is CC[C@@]1(O)C(=O)OCc2c1cc1n(c2=O)Cc2cc3c4c(ccc3nc2-1)OC(CBr)C4. The molecular weight excluding hydrogens is 464 g/mol. The Morgan fingerprint density at radius 2 is 2.13 bits per heavy atom. The maximum absolute atomic E-state index is 13.3. The first-order chi connectivity index (χ1) is 14.9. The van der Waals surface area contributed by atoms with Gasteiger partial charge in [0.2, 0.25) is 0 Å².